The largest absolute Gasteiger partial charge is 0.466 e. The van der Waals surface area contributed by atoms with E-state index >= 15 is 0 Å². The van der Waals surface area contributed by atoms with Gasteiger partial charge in [0.2, 0.25) is 0 Å². The summed E-state index contributed by atoms with van der Waals surface area (Å²) < 4.78 is 7.05. The van der Waals surface area contributed by atoms with Crippen LogP contribution in [-0.2, 0) is 16.6 Å². The minimum absolute atomic E-state index is 0.0351. The van der Waals surface area contributed by atoms with Crippen LogP contribution < -0.4 is 5.32 Å². The van der Waals surface area contributed by atoms with Gasteiger partial charge in [-0.1, -0.05) is 6.42 Å². The van der Waals surface area contributed by atoms with Gasteiger partial charge in [-0.2, -0.15) is 0 Å². The molecule has 1 aliphatic rings. The Morgan fingerprint density at radius 3 is 3.05 bits per heavy atom. The zero-order valence-electron chi connectivity index (χ0n) is 12.5. The average Bonchev–Trinajstić information content (AvgIpc) is 2.85. The van der Waals surface area contributed by atoms with Crippen LogP contribution in [0.2, 0.25) is 0 Å². The number of rotatable bonds is 5. The van der Waals surface area contributed by atoms with Gasteiger partial charge in [0.05, 0.1) is 18.6 Å². The Labute approximate surface area is 119 Å². The van der Waals surface area contributed by atoms with Crippen molar-refractivity contribution in [2.75, 3.05) is 6.61 Å². The van der Waals surface area contributed by atoms with Gasteiger partial charge in [0.15, 0.2) is 0 Å². The molecule has 0 saturated heterocycles. The van der Waals surface area contributed by atoms with Crippen LogP contribution in [0.15, 0.2) is 6.33 Å². The molecule has 3 atom stereocenters. The zero-order chi connectivity index (χ0) is 14.5. The maximum absolute atomic E-state index is 11.8. The molecule has 6 heteroatoms. The molecule has 1 N–H and O–H groups in total. The summed E-state index contributed by atoms with van der Waals surface area (Å²) >= 11 is 0. The van der Waals surface area contributed by atoms with Crippen LogP contribution in [0.5, 0.6) is 0 Å². The van der Waals surface area contributed by atoms with E-state index < -0.39 is 0 Å². The van der Waals surface area contributed by atoms with Gasteiger partial charge in [-0.05, 0) is 33.1 Å². The van der Waals surface area contributed by atoms with Crippen LogP contribution in [-0.4, -0.2) is 33.4 Å². The summed E-state index contributed by atoms with van der Waals surface area (Å²) in [7, 11) is 1.94. The molecule has 20 heavy (non-hydrogen) atoms. The Kier molecular flexibility index (Phi) is 5.11. The standard InChI is InChI=1S/C14H24N4O2/c1-4-20-14(19)11-6-5-7-12(8-11)16-10(2)13-17-15-9-18(13)3/h9-12,16H,4-8H2,1-3H3. The van der Waals surface area contributed by atoms with Gasteiger partial charge in [0, 0.05) is 13.1 Å². The number of nitrogens with one attached hydrogen (secondary N) is 1. The molecule has 1 fully saturated rings. The highest BCUT2D eigenvalue weighted by Crippen LogP contribution is 2.27. The molecule has 2 rings (SSSR count). The maximum atomic E-state index is 11.8. The van der Waals surface area contributed by atoms with E-state index in [0.29, 0.717) is 12.6 Å². The summed E-state index contributed by atoms with van der Waals surface area (Å²) in [5.41, 5.74) is 0. The third kappa shape index (κ3) is 3.56. The van der Waals surface area contributed by atoms with Gasteiger partial charge in [0.25, 0.3) is 0 Å². The van der Waals surface area contributed by atoms with Gasteiger partial charge in [-0.3, -0.25) is 4.79 Å². The minimum atomic E-state index is -0.0506. The fourth-order valence-corrected chi connectivity index (χ4v) is 2.93. The maximum Gasteiger partial charge on any atom is 0.308 e. The molecule has 0 radical (unpaired) electrons. The number of esters is 1. The molecule has 112 valence electrons. The molecule has 6 nitrogen and oxygen atoms in total. The fourth-order valence-electron chi connectivity index (χ4n) is 2.93. The topological polar surface area (TPSA) is 69.0 Å². The van der Waals surface area contributed by atoms with Crippen LogP contribution in [0.4, 0.5) is 0 Å². The molecule has 3 unspecified atom stereocenters. The summed E-state index contributed by atoms with van der Waals surface area (Å²) in [5.74, 6) is 0.904. The number of aromatic nitrogens is 3. The molecule has 1 aliphatic carbocycles. The van der Waals surface area contributed by atoms with Crippen LogP contribution in [0.1, 0.15) is 51.4 Å². The molecule has 0 spiro atoms. The second kappa shape index (κ2) is 6.83. The third-order valence-corrected chi connectivity index (χ3v) is 3.91. The Morgan fingerprint density at radius 2 is 2.40 bits per heavy atom. The first-order valence-electron chi connectivity index (χ1n) is 7.38. The summed E-state index contributed by atoms with van der Waals surface area (Å²) in [6.07, 6.45) is 5.65. The number of carbonyl (C=O) groups is 1. The quantitative estimate of drug-likeness (QED) is 0.829. The van der Waals surface area contributed by atoms with Crippen molar-refractivity contribution in [3.05, 3.63) is 12.2 Å². The smallest absolute Gasteiger partial charge is 0.308 e. The first kappa shape index (κ1) is 15.0. The Morgan fingerprint density at radius 1 is 1.60 bits per heavy atom. The first-order valence-corrected chi connectivity index (χ1v) is 7.38. The van der Waals surface area contributed by atoms with Gasteiger partial charge in [-0.25, -0.2) is 0 Å². The average molecular weight is 280 g/mol. The number of hydrogen-bond donors (Lipinski definition) is 1. The highest BCUT2D eigenvalue weighted by atomic mass is 16.5. The summed E-state index contributed by atoms with van der Waals surface area (Å²) in [4.78, 5) is 11.8. The molecule has 1 heterocycles. The SMILES string of the molecule is CCOC(=O)C1CCCC(NC(C)c2nncn2C)C1. The summed E-state index contributed by atoms with van der Waals surface area (Å²) in [5, 5.41) is 11.6. The molecular weight excluding hydrogens is 256 g/mol. The fraction of sp³-hybridized carbons (Fsp3) is 0.786. The zero-order valence-corrected chi connectivity index (χ0v) is 12.5. The lowest BCUT2D eigenvalue weighted by Gasteiger charge is -2.30. The van der Waals surface area contributed by atoms with Crippen LogP contribution in [0.25, 0.3) is 0 Å². The number of hydrogen-bond acceptors (Lipinski definition) is 5. The van der Waals surface area contributed by atoms with Crippen molar-refractivity contribution < 1.29 is 9.53 Å². The van der Waals surface area contributed by atoms with Gasteiger partial charge < -0.3 is 14.6 Å². The second-order valence-corrected chi connectivity index (χ2v) is 5.50. The van der Waals surface area contributed by atoms with E-state index in [1.807, 2.05) is 18.5 Å². The van der Waals surface area contributed by atoms with Crippen molar-refractivity contribution in [2.24, 2.45) is 13.0 Å². The third-order valence-electron chi connectivity index (χ3n) is 3.91. The van der Waals surface area contributed by atoms with Crippen molar-refractivity contribution in [1.82, 2.24) is 20.1 Å². The summed E-state index contributed by atoms with van der Waals surface area (Å²) in [6, 6.07) is 0.471. The van der Waals surface area contributed by atoms with E-state index in [9.17, 15) is 4.79 Å². The monoisotopic (exact) mass is 280 g/mol. The highest BCUT2D eigenvalue weighted by Gasteiger charge is 2.29. The molecule has 0 bridgehead atoms. The molecule has 0 amide bonds. The van der Waals surface area contributed by atoms with Crippen molar-refractivity contribution in [3.63, 3.8) is 0 Å². The molecule has 0 aromatic carbocycles. The predicted molar refractivity (Wildman–Crippen MR) is 74.9 cm³/mol. The number of carbonyl (C=O) groups excluding carboxylic acids is 1. The Bertz CT molecular complexity index is 446. The van der Waals surface area contributed by atoms with Crippen molar-refractivity contribution >= 4 is 5.97 Å². The lowest BCUT2D eigenvalue weighted by molar-refractivity contribution is -0.149. The van der Waals surface area contributed by atoms with Crippen molar-refractivity contribution in [3.8, 4) is 0 Å². The van der Waals surface area contributed by atoms with Gasteiger partial charge in [0.1, 0.15) is 12.2 Å². The van der Waals surface area contributed by atoms with E-state index in [4.69, 9.17) is 4.74 Å². The van der Waals surface area contributed by atoms with Crippen molar-refractivity contribution in [2.45, 2.75) is 51.6 Å². The van der Waals surface area contributed by atoms with Crippen LogP contribution >= 0.6 is 0 Å². The summed E-state index contributed by atoms with van der Waals surface area (Å²) in [6.45, 7) is 4.40. The number of aryl methyl sites for hydroxylation is 1. The molecular formula is C14H24N4O2. The molecule has 1 saturated carbocycles. The lowest BCUT2D eigenvalue weighted by Crippen LogP contribution is -2.38. The van der Waals surface area contributed by atoms with Gasteiger partial charge in [-0.15, -0.1) is 10.2 Å². The number of ether oxygens (including phenoxy) is 1. The van der Waals surface area contributed by atoms with E-state index in [0.717, 1.165) is 31.5 Å². The number of nitrogens with zero attached hydrogens (tertiary/aromatic N) is 3. The van der Waals surface area contributed by atoms with E-state index in [1.165, 1.54) is 0 Å². The Balaban J connectivity index is 1.89. The minimum Gasteiger partial charge on any atom is -0.466 e. The normalized spacial score (nSPS) is 24.4. The molecule has 0 aliphatic heterocycles. The predicted octanol–water partition coefficient (Wildman–Crippen LogP) is 1.59. The van der Waals surface area contributed by atoms with E-state index in [-0.39, 0.29) is 17.9 Å². The first-order chi connectivity index (χ1) is 9.61. The van der Waals surface area contributed by atoms with E-state index in [2.05, 4.69) is 22.4 Å². The Hall–Kier alpha value is -1.43. The van der Waals surface area contributed by atoms with Crippen molar-refractivity contribution in [1.29, 1.82) is 0 Å². The lowest BCUT2D eigenvalue weighted by atomic mass is 9.85. The highest BCUT2D eigenvalue weighted by molar-refractivity contribution is 5.72. The van der Waals surface area contributed by atoms with Crippen LogP contribution in [0, 0.1) is 5.92 Å². The van der Waals surface area contributed by atoms with Crippen LogP contribution in [0.3, 0.4) is 0 Å². The molecule has 1 aromatic rings. The van der Waals surface area contributed by atoms with E-state index in [1.54, 1.807) is 6.33 Å². The molecule has 1 aromatic heterocycles. The van der Waals surface area contributed by atoms with Gasteiger partial charge >= 0.3 is 5.97 Å². The second-order valence-electron chi connectivity index (χ2n) is 5.50.